The highest BCUT2D eigenvalue weighted by Gasteiger charge is 2.35. The zero-order valence-corrected chi connectivity index (χ0v) is 13.4. The summed E-state index contributed by atoms with van der Waals surface area (Å²) < 4.78 is 0.861. The molecule has 1 fully saturated rings. The van der Waals surface area contributed by atoms with Crippen molar-refractivity contribution in [2.24, 2.45) is 11.3 Å². The molecular weight excluding hydrogens is 276 g/mol. The molecular formula is C16H25ClOS. The van der Waals surface area contributed by atoms with E-state index in [4.69, 9.17) is 11.6 Å². The Morgan fingerprint density at radius 3 is 2.63 bits per heavy atom. The predicted molar refractivity (Wildman–Crippen MR) is 84.0 cm³/mol. The van der Waals surface area contributed by atoms with Crippen LogP contribution in [0.3, 0.4) is 0 Å². The zero-order valence-electron chi connectivity index (χ0n) is 11.8. The largest absolute Gasteiger partial charge is 0.396 e. The van der Waals surface area contributed by atoms with Crippen LogP contribution < -0.4 is 0 Å². The van der Waals surface area contributed by atoms with Crippen molar-refractivity contribution in [1.82, 2.24) is 0 Å². The number of halogens is 1. The SMILES string of the molecule is CCCCC1CCC(CO)(Cc2ccc(Cl)s2)CC1. The third kappa shape index (κ3) is 4.21. The summed E-state index contributed by atoms with van der Waals surface area (Å²) in [6.45, 7) is 2.59. The van der Waals surface area contributed by atoms with Gasteiger partial charge < -0.3 is 5.11 Å². The minimum Gasteiger partial charge on any atom is -0.396 e. The van der Waals surface area contributed by atoms with Crippen LogP contribution in [0.2, 0.25) is 4.34 Å². The number of thiophene rings is 1. The van der Waals surface area contributed by atoms with Crippen LogP contribution in [0, 0.1) is 11.3 Å². The lowest BCUT2D eigenvalue weighted by Crippen LogP contribution is -2.33. The predicted octanol–water partition coefficient (Wildman–Crippen LogP) is 5.30. The number of hydrogen-bond acceptors (Lipinski definition) is 2. The second-order valence-electron chi connectivity index (χ2n) is 6.13. The Kier molecular flexibility index (Phi) is 5.73. The summed E-state index contributed by atoms with van der Waals surface area (Å²) >= 11 is 7.67. The van der Waals surface area contributed by atoms with Gasteiger partial charge in [-0.2, -0.15) is 0 Å². The lowest BCUT2D eigenvalue weighted by molar-refractivity contribution is 0.0628. The van der Waals surface area contributed by atoms with Gasteiger partial charge in [0.15, 0.2) is 0 Å². The normalized spacial score (nSPS) is 27.6. The van der Waals surface area contributed by atoms with Gasteiger partial charge in [0.05, 0.1) is 4.34 Å². The summed E-state index contributed by atoms with van der Waals surface area (Å²) in [4.78, 5) is 1.33. The van der Waals surface area contributed by atoms with E-state index in [9.17, 15) is 5.11 Å². The smallest absolute Gasteiger partial charge is 0.0931 e. The molecule has 1 aromatic rings. The van der Waals surface area contributed by atoms with Crippen LogP contribution >= 0.6 is 22.9 Å². The van der Waals surface area contributed by atoms with Crippen molar-refractivity contribution in [2.75, 3.05) is 6.61 Å². The molecule has 0 aromatic carbocycles. The Morgan fingerprint density at radius 1 is 1.37 bits per heavy atom. The molecule has 0 unspecified atom stereocenters. The molecule has 0 radical (unpaired) electrons. The van der Waals surface area contributed by atoms with E-state index in [1.807, 2.05) is 6.07 Å². The number of rotatable bonds is 6. The standard InChI is InChI=1S/C16H25ClOS/c1-2-3-4-13-7-9-16(12-18,10-8-13)11-14-5-6-15(17)19-14/h5-6,13,18H,2-4,7-12H2,1H3. The molecule has 1 aliphatic carbocycles. The second-order valence-corrected chi connectivity index (χ2v) is 7.93. The fourth-order valence-electron chi connectivity index (χ4n) is 3.28. The van der Waals surface area contributed by atoms with Crippen molar-refractivity contribution in [1.29, 1.82) is 0 Å². The third-order valence-corrected chi connectivity index (χ3v) is 5.88. The van der Waals surface area contributed by atoms with E-state index in [1.165, 1.54) is 49.8 Å². The molecule has 1 saturated carbocycles. The molecule has 0 atom stereocenters. The molecule has 0 saturated heterocycles. The summed E-state index contributed by atoms with van der Waals surface area (Å²) in [6, 6.07) is 4.09. The quantitative estimate of drug-likeness (QED) is 0.755. The van der Waals surface area contributed by atoms with E-state index in [1.54, 1.807) is 11.3 Å². The van der Waals surface area contributed by atoms with Crippen LogP contribution in [-0.4, -0.2) is 11.7 Å². The van der Waals surface area contributed by atoms with E-state index >= 15 is 0 Å². The molecule has 2 rings (SSSR count). The minimum atomic E-state index is 0.122. The highest BCUT2D eigenvalue weighted by atomic mass is 35.5. The molecule has 1 aliphatic rings. The lowest BCUT2D eigenvalue weighted by Gasteiger charge is -2.39. The van der Waals surface area contributed by atoms with Crippen LogP contribution in [0.5, 0.6) is 0 Å². The molecule has 0 bridgehead atoms. The molecule has 1 N–H and O–H groups in total. The van der Waals surface area contributed by atoms with Gasteiger partial charge in [-0.1, -0.05) is 37.8 Å². The fourth-order valence-corrected chi connectivity index (χ4v) is 4.54. The van der Waals surface area contributed by atoms with Gasteiger partial charge in [0.2, 0.25) is 0 Å². The maximum atomic E-state index is 9.84. The Hall–Kier alpha value is -0.0500. The summed E-state index contributed by atoms with van der Waals surface area (Å²) in [5.74, 6) is 0.895. The minimum absolute atomic E-state index is 0.122. The van der Waals surface area contributed by atoms with Crippen molar-refractivity contribution in [2.45, 2.75) is 58.3 Å². The first-order valence-electron chi connectivity index (χ1n) is 7.52. The van der Waals surface area contributed by atoms with Crippen LogP contribution in [-0.2, 0) is 6.42 Å². The molecule has 1 aromatic heterocycles. The molecule has 108 valence electrons. The van der Waals surface area contributed by atoms with Crippen molar-refractivity contribution >= 4 is 22.9 Å². The van der Waals surface area contributed by atoms with E-state index in [2.05, 4.69) is 13.0 Å². The van der Waals surface area contributed by atoms with Crippen LogP contribution in [0.25, 0.3) is 0 Å². The topological polar surface area (TPSA) is 20.2 Å². The van der Waals surface area contributed by atoms with Crippen LogP contribution in [0.4, 0.5) is 0 Å². The van der Waals surface area contributed by atoms with E-state index in [-0.39, 0.29) is 5.41 Å². The first-order chi connectivity index (χ1) is 9.17. The first kappa shape index (κ1) is 15.3. The summed E-state index contributed by atoms with van der Waals surface area (Å²) in [6.07, 6.45) is 9.97. The Morgan fingerprint density at radius 2 is 2.11 bits per heavy atom. The molecule has 19 heavy (non-hydrogen) atoms. The van der Waals surface area contributed by atoms with Gasteiger partial charge in [0, 0.05) is 11.5 Å². The van der Waals surface area contributed by atoms with Gasteiger partial charge in [-0.15, -0.1) is 11.3 Å². The van der Waals surface area contributed by atoms with Gasteiger partial charge >= 0.3 is 0 Å². The molecule has 0 spiro atoms. The summed E-state index contributed by atoms with van der Waals surface area (Å²) in [7, 11) is 0. The lowest BCUT2D eigenvalue weighted by atomic mass is 9.68. The van der Waals surface area contributed by atoms with Crippen molar-refractivity contribution < 1.29 is 5.11 Å². The number of aliphatic hydroxyl groups is 1. The summed E-state index contributed by atoms with van der Waals surface area (Å²) in [5, 5.41) is 9.84. The maximum absolute atomic E-state index is 9.84. The first-order valence-corrected chi connectivity index (χ1v) is 8.72. The van der Waals surface area contributed by atoms with Crippen LogP contribution in [0.1, 0.15) is 56.7 Å². The highest BCUT2D eigenvalue weighted by Crippen LogP contribution is 2.43. The maximum Gasteiger partial charge on any atom is 0.0931 e. The average molecular weight is 301 g/mol. The average Bonchev–Trinajstić information content (AvgIpc) is 2.83. The zero-order chi connectivity index (χ0) is 13.7. The van der Waals surface area contributed by atoms with Gasteiger partial charge in [0.1, 0.15) is 0 Å². The number of hydrogen-bond donors (Lipinski definition) is 1. The molecule has 0 amide bonds. The van der Waals surface area contributed by atoms with Gasteiger partial charge in [-0.25, -0.2) is 0 Å². The van der Waals surface area contributed by atoms with Crippen LogP contribution in [0.15, 0.2) is 12.1 Å². The van der Waals surface area contributed by atoms with Gasteiger partial charge in [-0.3, -0.25) is 0 Å². The molecule has 0 aliphatic heterocycles. The van der Waals surface area contributed by atoms with Crippen molar-refractivity contribution in [3.05, 3.63) is 21.3 Å². The Labute approximate surface area is 126 Å². The second kappa shape index (κ2) is 7.10. The van der Waals surface area contributed by atoms with Crippen molar-refractivity contribution in [3.8, 4) is 0 Å². The van der Waals surface area contributed by atoms with Gasteiger partial charge in [0.25, 0.3) is 0 Å². The number of unbranched alkanes of at least 4 members (excludes halogenated alkanes) is 1. The Balaban J connectivity index is 1.90. The summed E-state index contributed by atoms with van der Waals surface area (Å²) in [5.41, 5.74) is 0.122. The van der Waals surface area contributed by atoms with E-state index < -0.39 is 0 Å². The molecule has 1 heterocycles. The number of aliphatic hydroxyl groups excluding tert-OH is 1. The monoisotopic (exact) mass is 300 g/mol. The highest BCUT2D eigenvalue weighted by molar-refractivity contribution is 7.16. The molecule has 1 nitrogen and oxygen atoms in total. The van der Waals surface area contributed by atoms with E-state index in [0.717, 1.165) is 16.7 Å². The Bertz CT molecular complexity index is 380. The van der Waals surface area contributed by atoms with Gasteiger partial charge in [-0.05, 0) is 55.6 Å². The van der Waals surface area contributed by atoms with Crippen molar-refractivity contribution in [3.63, 3.8) is 0 Å². The molecule has 3 heteroatoms. The van der Waals surface area contributed by atoms with E-state index in [0.29, 0.717) is 6.61 Å². The fraction of sp³-hybridized carbons (Fsp3) is 0.750. The third-order valence-electron chi connectivity index (χ3n) is 4.65.